The summed E-state index contributed by atoms with van der Waals surface area (Å²) in [5.41, 5.74) is 3.82. The molecular weight excluding hydrogens is 302 g/mol. The van der Waals surface area contributed by atoms with E-state index in [1.807, 2.05) is 37.3 Å². The average molecular weight is 319 g/mol. The number of aryl methyl sites for hydroxylation is 1. The standard InChI is InChI=1S/C18H17N5O/c1-11-9-16(22-17(20-11)12-5-6-12)18(24)21-14-4-2-3-13(10-14)15-7-8-19-23-15/h2-4,7-10,12H,5-6H2,1H3,(H,19,23)(H,21,24). The first-order valence-corrected chi connectivity index (χ1v) is 7.96. The number of hydrogen-bond acceptors (Lipinski definition) is 4. The van der Waals surface area contributed by atoms with E-state index in [9.17, 15) is 4.79 Å². The summed E-state index contributed by atoms with van der Waals surface area (Å²) < 4.78 is 0. The van der Waals surface area contributed by atoms with E-state index in [1.54, 1.807) is 12.3 Å². The molecule has 3 aromatic rings. The Morgan fingerprint density at radius 2 is 2.08 bits per heavy atom. The highest BCUT2D eigenvalue weighted by Crippen LogP contribution is 2.38. The van der Waals surface area contributed by atoms with E-state index in [-0.39, 0.29) is 5.91 Å². The zero-order valence-electron chi connectivity index (χ0n) is 13.3. The van der Waals surface area contributed by atoms with Crippen molar-refractivity contribution in [2.75, 3.05) is 5.32 Å². The van der Waals surface area contributed by atoms with Gasteiger partial charge in [0.1, 0.15) is 11.5 Å². The Balaban J connectivity index is 1.57. The van der Waals surface area contributed by atoms with Gasteiger partial charge in [-0.05, 0) is 44.0 Å². The van der Waals surface area contributed by atoms with Crippen molar-refractivity contribution >= 4 is 11.6 Å². The van der Waals surface area contributed by atoms with Gasteiger partial charge in [-0.2, -0.15) is 5.10 Å². The number of carbonyl (C=O) groups excluding carboxylic acids is 1. The Bertz CT molecular complexity index is 884. The molecule has 1 fully saturated rings. The van der Waals surface area contributed by atoms with Crippen molar-refractivity contribution in [2.45, 2.75) is 25.7 Å². The summed E-state index contributed by atoms with van der Waals surface area (Å²) in [7, 11) is 0. The van der Waals surface area contributed by atoms with E-state index in [4.69, 9.17) is 0 Å². The maximum absolute atomic E-state index is 12.5. The van der Waals surface area contributed by atoms with Crippen LogP contribution in [0.15, 0.2) is 42.6 Å². The molecule has 1 amide bonds. The minimum atomic E-state index is -0.218. The maximum Gasteiger partial charge on any atom is 0.274 e. The number of anilines is 1. The van der Waals surface area contributed by atoms with Crippen molar-refractivity contribution in [3.05, 3.63) is 59.8 Å². The Morgan fingerprint density at radius 1 is 1.21 bits per heavy atom. The first kappa shape index (κ1) is 14.6. The fourth-order valence-corrected chi connectivity index (χ4v) is 2.61. The monoisotopic (exact) mass is 319 g/mol. The highest BCUT2D eigenvalue weighted by atomic mass is 16.1. The summed E-state index contributed by atoms with van der Waals surface area (Å²) in [4.78, 5) is 21.4. The molecule has 0 bridgehead atoms. The third kappa shape index (κ3) is 3.03. The second kappa shape index (κ2) is 5.88. The fraction of sp³-hybridized carbons (Fsp3) is 0.222. The highest BCUT2D eigenvalue weighted by molar-refractivity contribution is 6.03. The average Bonchev–Trinajstić information content (AvgIpc) is 3.29. The molecule has 1 saturated carbocycles. The lowest BCUT2D eigenvalue weighted by Crippen LogP contribution is -2.15. The zero-order chi connectivity index (χ0) is 16.5. The third-order valence-corrected chi connectivity index (χ3v) is 3.98. The molecule has 120 valence electrons. The van der Waals surface area contributed by atoms with E-state index >= 15 is 0 Å². The van der Waals surface area contributed by atoms with Crippen molar-refractivity contribution in [2.24, 2.45) is 0 Å². The van der Waals surface area contributed by atoms with Gasteiger partial charge in [0, 0.05) is 29.1 Å². The van der Waals surface area contributed by atoms with Crippen LogP contribution in [-0.2, 0) is 0 Å². The molecule has 0 unspecified atom stereocenters. The maximum atomic E-state index is 12.5. The minimum absolute atomic E-state index is 0.218. The predicted octanol–water partition coefficient (Wildman–Crippen LogP) is 3.30. The molecule has 1 aromatic carbocycles. The summed E-state index contributed by atoms with van der Waals surface area (Å²) >= 11 is 0. The van der Waals surface area contributed by atoms with Gasteiger partial charge >= 0.3 is 0 Å². The van der Waals surface area contributed by atoms with Crippen LogP contribution >= 0.6 is 0 Å². The number of hydrogen-bond donors (Lipinski definition) is 2. The number of benzene rings is 1. The lowest BCUT2D eigenvalue weighted by molar-refractivity contribution is 0.102. The van der Waals surface area contributed by atoms with Crippen LogP contribution < -0.4 is 5.32 Å². The van der Waals surface area contributed by atoms with Gasteiger partial charge in [-0.1, -0.05) is 12.1 Å². The van der Waals surface area contributed by atoms with Crippen molar-refractivity contribution in [1.29, 1.82) is 0 Å². The summed E-state index contributed by atoms with van der Waals surface area (Å²) in [5, 5.41) is 9.78. The van der Waals surface area contributed by atoms with Crippen LogP contribution in [0.4, 0.5) is 5.69 Å². The molecule has 0 aliphatic heterocycles. The Kier molecular flexibility index (Phi) is 3.57. The molecule has 6 nitrogen and oxygen atoms in total. The number of aromatic amines is 1. The van der Waals surface area contributed by atoms with Crippen LogP contribution in [0.3, 0.4) is 0 Å². The Labute approximate surface area is 139 Å². The summed E-state index contributed by atoms with van der Waals surface area (Å²) in [6.45, 7) is 1.89. The zero-order valence-corrected chi connectivity index (χ0v) is 13.3. The quantitative estimate of drug-likeness (QED) is 0.773. The second-order valence-corrected chi connectivity index (χ2v) is 6.03. The number of nitrogens with one attached hydrogen (secondary N) is 2. The number of rotatable bonds is 4. The number of carbonyl (C=O) groups is 1. The number of amides is 1. The molecule has 6 heteroatoms. The van der Waals surface area contributed by atoms with Crippen LogP contribution in [0, 0.1) is 6.92 Å². The summed E-state index contributed by atoms with van der Waals surface area (Å²) in [6, 6.07) is 11.2. The number of nitrogens with zero attached hydrogens (tertiary/aromatic N) is 3. The van der Waals surface area contributed by atoms with Crippen molar-refractivity contribution in [1.82, 2.24) is 20.2 Å². The van der Waals surface area contributed by atoms with Crippen molar-refractivity contribution in [3.8, 4) is 11.3 Å². The van der Waals surface area contributed by atoms with E-state index in [0.717, 1.165) is 41.3 Å². The van der Waals surface area contributed by atoms with E-state index in [0.29, 0.717) is 11.6 Å². The molecule has 0 radical (unpaired) electrons. The van der Waals surface area contributed by atoms with Gasteiger partial charge < -0.3 is 5.32 Å². The third-order valence-electron chi connectivity index (χ3n) is 3.98. The summed E-state index contributed by atoms with van der Waals surface area (Å²) in [5.74, 6) is 0.982. The van der Waals surface area contributed by atoms with Crippen molar-refractivity contribution < 1.29 is 4.79 Å². The van der Waals surface area contributed by atoms with Crippen LogP contribution in [0.25, 0.3) is 11.3 Å². The van der Waals surface area contributed by atoms with Gasteiger partial charge in [-0.3, -0.25) is 9.89 Å². The van der Waals surface area contributed by atoms with E-state index in [2.05, 4.69) is 25.5 Å². The molecule has 1 aliphatic rings. The minimum Gasteiger partial charge on any atom is -0.321 e. The van der Waals surface area contributed by atoms with Gasteiger partial charge in [0.25, 0.3) is 5.91 Å². The normalized spacial score (nSPS) is 13.7. The SMILES string of the molecule is Cc1cc(C(=O)Nc2cccc(-c3ccn[nH]3)c2)nc(C2CC2)n1. The molecule has 0 spiro atoms. The first-order valence-electron chi connectivity index (χ1n) is 7.96. The molecule has 2 aromatic heterocycles. The second-order valence-electron chi connectivity index (χ2n) is 6.03. The largest absolute Gasteiger partial charge is 0.321 e. The molecule has 2 N–H and O–H groups in total. The Hall–Kier alpha value is -3.02. The molecule has 0 saturated heterocycles. The topological polar surface area (TPSA) is 83.6 Å². The van der Waals surface area contributed by atoms with Gasteiger partial charge in [-0.25, -0.2) is 9.97 Å². The van der Waals surface area contributed by atoms with Gasteiger partial charge in [0.05, 0.1) is 5.69 Å². The molecule has 1 aliphatic carbocycles. The van der Waals surface area contributed by atoms with Crippen LogP contribution in [0.1, 0.15) is 40.8 Å². The fourth-order valence-electron chi connectivity index (χ4n) is 2.61. The Morgan fingerprint density at radius 3 is 2.83 bits per heavy atom. The van der Waals surface area contributed by atoms with Crippen molar-refractivity contribution in [3.63, 3.8) is 0 Å². The molecule has 24 heavy (non-hydrogen) atoms. The molecular formula is C18H17N5O. The smallest absolute Gasteiger partial charge is 0.274 e. The van der Waals surface area contributed by atoms with Gasteiger partial charge in [-0.15, -0.1) is 0 Å². The van der Waals surface area contributed by atoms with E-state index in [1.165, 1.54) is 0 Å². The number of H-pyrrole nitrogens is 1. The van der Waals surface area contributed by atoms with E-state index < -0.39 is 0 Å². The highest BCUT2D eigenvalue weighted by Gasteiger charge is 2.27. The lowest BCUT2D eigenvalue weighted by Gasteiger charge is -2.08. The van der Waals surface area contributed by atoms with Crippen LogP contribution in [0.2, 0.25) is 0 Å². The molecule has 0 atom stereocenters. The van der Waals surface area contributed by atoms with Crippen LogP contribution in [0.5, 0.6) is 0 Å². The number of aromatic nitrogens is 4. The molecule has 2 heterocycles. The van der Waals surface area contributed by atoms with Crippen LogP contribution in [-0.4, -0.2) is 26.1 Å². The van der Waals surface area contributed by atoms with Gasteiger partial charge in [0.15, 0.2) is 0 Å². The molecule has 4 rings (SSSR count). The first-order chi connectivity index (χ1) is 11.7. The van der Waals surface area contributed by atoms with Gasteiger partial charge in [0.2, 0.25) is 0 Å². The summed E-state index contributed by atoms with van der Waals surface area (Å²) in [6.07, 6.45) is 3.91. The lowest BCUT2D eigenvalue weighted by atomic mass is 10.1. The predicted molar refractivity (Wildman–Crippen MR) is 90.7 cm³/mol.